The summed E-state index contributed by atoms with van der Waals surface area (Å²) in [5, 5.41) is 2.89. The van der Waals surface area contributed by atoms with Gasteiger partial charge in [-0.3, -0.25) is 19.8 Å². The largest absolute Gasteiger partial charge is 0.326 e. The fourth-order valence-corrected chi connectivity index (χ4v) is 2.74. The molecule has 2 unspecified atom stereocenters. The first-order valence-corrected chi connectivity index (χ1v) is 6.97. The zero-order valence-corrected chi connectivity index (χ0v) is 12.1. The number of rotatable bonds is 4. The van der Waals surface area contributed by atoms with Crippen LogP contribution in [0.5, 0.6) is 0 Å². The lowest BCUT2D eigenvalue weighted by molar-refractivity contribution is -0.137. The van der Waals surface area contributed by atoms with E-state index in [2.05, 4.69) is 5.32 Å². The summed E-state index contributed by atoms with van der Waals surface area (Å²) in [6.45, 7) is 2.27. The lowest BCUT2D eigenvalue weighted by Gasteiger charge is -2.37. The third-order valence-electron chi connectivity index (χ3n) is 3.47. The number of benzene rings is 1. The molecule has 0 bridgehead atoms. The Bertz CT molecular complexity index is 505. The minimum atomic E-state index is -0.304. The zero-order valence-electron chi connectivity index (χ0n) is 11.3. The van der Waals surface area contributed by atoms with Crippen molar-refractivity contribution in [3.8, 4) is 0 Å². The number of amides is 2. The van der Waals surface area contributed by atoms with Crippen LogP contribution in [0.15, 0.2) is 24.3 Å². The number of carbonyl (C=O) groups is 2. The Hall–Kier alpha value is -1.43. The molecule has 1 aromatic carbocycles. The molecule has 2 rings (SSSR count). The molecule has 0 aromatic heterocycles. The number of hydrogen-bond donors (Lipinski definition) is 2. The second kappa shape index (κ2) is 6.35. The maximum atomic E-state index is 11.6. The molecule has 1 aliphatic heterocycles. The van der Waals surface area contributed by atoms with Gasteiger partial charge in [-0.1, -0.05) is 36.7 Å². The van der Waals surface area contributed by atoms with Crippen LogP contribution in [0.4, 0.5) is 0 Å². The average molecular weight is 296 g/mol. The summed E-state index contributed by atoms with van der Waals surface area (Å²) in [7, 11) is 0. The highest BCUT2D eigenvalue weighted by Gasteiger charge is 2.33. The van der Waals surface area contributed by atoms with Gasteiger partial charge in [0.1, 0.15) is 0 Å². The molecule has 6 heteroatoms. The zero-order chi connectivity index (χ0) is 14.7. The predicted molar refractivity (Wildman–Crippen MR) is 77.2 cm³/mol. The van der Waals surface area contributed by atoms with Crippen molar-refractivity contribution >= 4 is 23.4 Å². The van der Waals surface area contributed by atoms with Crippen molar-refractivity contribution in [2.24, 2.45) is 5.73 Å². The van der Waals surface area contributed by atoms with Crippen LogP contribution in [-0.2, 0) is 9.59 Å². The summed E-state index contributed by atoms with van der Waals surface area (Å²) >= 11 is 6.24. The third-order valence-corrected chi connectivity index (χ3v) is 3.81. The number of imide groups is 1. The molecule has 1 fully saturated rings. The molecule has 1 heterocycles. The first kappa shape index (κ1) is 15.0. The second-order valence-corrected chi connectivity index (χ2v) is 5.32. The summed E-state index contributed by atoms with van der Waals surface area (Å²) in [5.41, 5.74) is 7.05. The van der Waals surface area contributed by atoms with Crippen LogP contribution in [0.2, 0.25) is 5.02 Å². The Morgan fingerprint density at radius 1 is 1.30 bits per heavy atom. The Labute approximate surface area is 123 Å². The normalized spacial score (nSPS) is 19.6. The van der Waals surface area contributed by atoms with Gasteiger partial charge in [0, 0.05) is 11.1 Å². The van der Waals surface area contributed by atoms with Crippen LogP contribution in [0.1, 0.15) is 24.9 Å². The molecule has 2 amide bonds. The fourth-order valence-electron chi connectivity index (χ4n) is 2.49. The van der Waals surface area contributed by atoms with Crippen molar-refractivity contribution in [1.82, 2.24) is 10.2 Å². The molecule has 0 aliphatic carbocycles. The van der Waals surface area contributed by atoms with Crippen LogP contribution in [-0.4, -0.2) is 35.8 Å². The van der Waals surface area contributed by atoms with Gasteiger partial charge in [-0.25, -0.2) is 0 Å². The molecule has 5 nitrogen and oxygen atoms in total. The summed E-state index contributed by atoms with van der Waals surface area (Å²) in [4.78, 5) is 24.9. The smallest absolute Gasteiger partial charge is 0.240 e. The van der Waals surface area contributed by atoms with Gasteiger partial charge in [0.2, 0.25) is 11.8 Å². The maximum absolute atomic E-state index is 11.6. The fraction of sp³-hybridized carbons (Fsp3) is 0.429. The SMILES string of the molecule is CCC(N)C(c1ccccc1Cl)N1CC(=O)NC(=O)C1. The number of piperazine rings is 1. The monoisotopic (exact) mass is 295 g/mol. The Balaban J connectivity index is 2.35. The molecule has 1 saturated heterocycles. The van der Waals surface area contributed by atoms with E-state index >= 15 is 0 Å². The van der Waals surface area contributed by atoms with E-state index < -0.39 is 0 Å². The number of carbonyl (C=O) groups excluding carboxylic acids is 2. The first-order valence-electron chi connectivity index (χ1n) is 6.59. The summed E-state index contributed by atoms with van der Waals surface area (Å²) in [5.74, 6) is -0.608. The highest BCUT2D eigenvalue weighted by molar-refractivity contribution is 6.31. The number of hydrogen-bond acceptors (Lipinski definition) is 4. The van der Waals surface area contributed by atoms with Crippen LogP contribution in [0, 0.1) is 0 Å². The van der Waals surface area contributed by atoms with Gasteiger partial charge in [-0.2, -0.15) is 0 Å². The van der Waals surface area contributed by atoms with Crippen LogP contribution >= 0.6 is 11.6 Å². The topological polar surface area (TPSA) is 75.4 Å². The van der Waals surface area contributed by atoms with Crippen molar-refractivity contribution in [3.63, 3.8) is 0 Å². The number of nitrogens with two attached hydrogens (primary N) is 1. The lowest BCUT2D eigenvalue weighted by Crippen LogP contribution is -2.55. The third kappa shape index (κ3) is 3.17. The molecule has 0 spiro atoms. The predicted octanol–water partition coefficient (Wildman–Crippen LogP) is 1.08. The standard InChI is InChI=1S/C14H18ClN3O2/c1-2-11(16)14(9-5-3-4-6-10(9)15)18-7-12(19)17-13(20)8-18/h3-6,11,14H,2,7-8,16H2,1H3,(H,17,19,20). The van der Waals surface area contributed by atoms with E-state index in [1.54, 1.807) is 11.0 Å². The summed E-state index contributed by atoms with van der Waals surface area (Å²) < 4.78 is 0. The summed E-state index contributed by atoms with van der Waals surface area (Å²) in [6, 6.07) is 6.95. The van der Waals surface area contributed by atoms with Gasteiger partial charge >= 0.3 is 0 Å². The second-order valence-electron chi connectivity index (χ2n) is 4.91. The quantitative estimate of drug-likeness (QED) is 0.815. The number of nitrogens with zero attached hydrogens (tertiary/aromatic N) is 1. The molecule has 2 atom stereocenters. The van der Waals surface area contributed by atoms with E-state index in [1.807, 2.05) is 25.1 Å². The summed E-state index contributed by atoms with van der Waals surface area (Å²) in [6.07, 6.45) is 0.724. The highest BCUT2D eigenvalue weighted by Crippen LogP contribution is 2.30. The van der Waals surface area contributed by atoms with E-state index in [0.717, 1.165) is 12.0 Å². The first-order chi connectivity index (χ1) is 9.52. The van der Waals surface area contributed by atoms with Crippen molar-refractivity contribution in [2.75, 3.05) is 13.1 Å². The maximum Gasteiger partial charge on any atom is 0.240 e. The number of halogens is 1. The van der Waals surface area contributed by atoms with Gasteiger partial charge in [0.15, 0.2) is 0 Å². The Kier molecular flexibility index (Phi) is 4.75. The van der Waals surface area contributed by atoms with Gasteiger partial charge in [-0.15, -0.1) is 0 Å². The minimum absolute atomic E-state index is 0.148. The van der Waals surface area contributed by atoms with E-state index in [4.69, 9.17) is 17.3 Å². The van der Waals surface area contributed by atoms with Crippen molar-refractivity contribution in [2.45, 2.75) is 25.4 Å². The molecular formula is C14H18ClN3O2. The minimum Gasteiger partial charge on any atom is -0.326 e. The van der Waals surface area contributed by atoms with Crippen LogP contribution < -0.4 is 11.1 Å². The van der Waals surface area contributed by atoms with E-state index in [1.165, 1.54) is 0 Å². The Morgan fingerprint density at radius 3 is 2.45 bits per heavy atom. The molecular weight excluding hydrogens is 278 g/mol. The van der Waals surface area contributed by atoms with Crippen LogP contribution in [0.25, 0.3) is 0 Å². The molecule has 20 heavy (non-hydrogen) atoms. The van der Waals surface area contributed by atoms with E-state index in [9.17, 15) is 9.59 Å². The van der Waals surface area contributed by atoms with Crippen molar-refractivity contribution in [1.29, 1.82) is 0 Å². The van der Waals surface area contributed by atoms with Gasteiger partial charge < -0.3 is 5.73 Å². The highest BCUT2D eigenvalue weighted by atomic mass is 35.5. The molecule has 1 aromatic rings. The lowest BCUT2D eigenvalue weighted by atomic mass is 9.95. The average Bonchev–Trinajstić information content (AvgIpc) is 2.40. The van der Waals surface area contributed by atoms with Gasteiger partial charge in [-0.05, 0) is 18.1 Å². The molecule has 108 valence electrons. The van der Waals surface area contributed by atoms with Gasteiger partial charge in [0.05, 0.1) is 19.1 Å². The Morgan fingerprint density at radius 2 is 1.90 bits per heavy atom. The number of nitrogens with one attached hydrogen (secondary N) is 1. The molecule has 0 saturated carbocycles. The van der Waals surface area contributed by atoms with Gasteiger partial charge in [0.25, 0.3) is 0 Å². The molecule has 3 N–H and O–H groups in total. The molecule has 1 aliphatic rings. The van der Waals surface area contributed by atoms with Crippen molar-refractivity contribution in [3.05, 3.63) is 34.9 Å². The van der Waals surface area contributed by atoms with Crippen LogP contribution in [0.3, 0.4) is 0 Å². The molecule has 0 radical (unpaired) electrons. The van der Waals surface area contributed by atoms with E-state index in [-0.39, 0.29) is 37.0 Å². The van der Waals surface area contributed by atoms with Crippen molar-refractivity contribution < 1.29 is 9.59 Å². The van der Waals surface area contributed by atoms with E-state index in [0.29, 0.717) is 5.02 Å².